The Kier molecular flexibility index (Phi) is 5.44. The molecule has 1 saturated heterocycles. The van der Waals surface area contributed by atoms with Gasteiger partial charge in [-0.05, 0) is 38.7 Å². The summed E-state index contributed by atoms with van der Waals surface area (Å²) in [5.41, 5.74) is 0.415. The molecule has 1 N–H and O–H groups in total. The van der Waals surface area contributed by atoms with Gasteiger partial charge in [0.15, 0.2) is 0 Å². The van der Waals surface area contributed by atoms with Crippen LogP contribution in [0.1, 0.15) is 26.7 Å². The third-order valence-corrected chi connectivity index (χ3v) is 4.91. The Balaban J connectivity index is 2.33. The summed E-state index contributed by atoms with van der Waals surface area (Å²) in [5.74, 6) is 3.41. The van der Waals surface area contributed by atoms with Crippen molar-refractivity contribution in [2.45, 2.75) is 32.2 Å². The van der Waals surface area contributed by atoms with Gasteiger partial charge in [0.2, 0.25) is 0 Å². The summed E-state index contributed by atoms with van der Waals surface area (Å²) in [6, 6.07) is 0. The van der Waals surface area contributed by atoms with Crippen molar-refractivity contribution < 1.29 is 0 Å². The van der Waals surface area contributed by atoms with Crippen molar-refractivity contribution in [2.24, 2.45) is 5.92 Å². The molecule has 1 rings (SSSR count). The fourth-order valence-corrected chi connectivity index (χ4v) is 3.50. The number of rotatable bonds is 6. The maximum Gasteiger partial charge on any atom is 0.0425 e. The van der Waals surface area contributed by atoms with Crippen molar-refractivity contribution >= 4 is 11.8 Å². The molecule has 0 bridgehead atoms. The minimum atomic E-state index is 0.415. The van der Waals surface area contributed by atoms with E-state index in [0.29, 0.717) is 5.54 Å². The van der Waals surface area contributed by atoms with Crippen LogP contribution in [0.3, 0.4) is 0 Å². The SMILES string of the molecule is CCC(C)CNCC1(N(C)C)CCSC1. The molecule has 1 aliphatic rings. The fraction of sp³-hybridized carbons (Fsp3) is 1.00. The van der Waals surface area contributed by atoms with Crippen LogP contribution in [0, 0.1) is 5.92 Å². The minimum Gasteiger partial charge on any atom is -0.315 e. The van der Waals surface area contributed by atoms with E-state index in [1.165, 1.54) is 24.3 Å². The average Bonchev–Trinajstić information content (AvgIpc) is 2.67. The van der Waals surface area contributed by atoms with Crippen LogP contribution in [0.15, 0.2) is 0 Å². The molecule has 2 unspecified atom stereocenters. The molecule has 0 radical (unpaired) electrons. The van der Waals surface area contributed by atoms with E-state index in [1.807, 2.05) is 0 Å². The topological polar surface area (TPSA) is 15.3 Å². The maximum atomic E-state index is 3.65. The van der Waals surface area contributed by atoms with Crippen LogP contribution in [0.25, 0.3) is 0 Å². The van der Waals surface area contributed by atoms with Crippen LogP contribution >= 0.6 is 11.8 Å². The van der Waals surface area contributed by atoms with Gasteiger partial charge >= 0.3 is 0 Å². The molecule has 3 heteroatoms. The zero-order valence-corrected chi connectivity index (χ0v) is 11.5. The van der Waals surface area contributed by atoms with E-state index in [4.69, 9.17) is 0 Å². The number of hydrogen-bond acceptors (Lipinski definition) is 3. The molecular formula is C12H26N2S. The highest BCUT2D eigenvalue weighted by molar-refractivity contribution is 7.99. The predicted molar refractivity (Wildman–Crippen MR) is 70.7 cm³/mol. The van der Waals surface area contributed by atoms with Crippen LogP contribution in [0.2, 0.25) is 0 Å². The zero-order valence-electron chi connectivity index (χ0n) is 10.7. The summed E-state index contributed by atoms with van der Waals surface area (Å²) >= 11 is 2.09. The zero-order chi connectivity index (χ0) is 11.3. The summed E-state index contributed by atoms with van der Waals surface area (Å²) in [6.45, 7) is 6.90. The molecule has 0 aromatic heterocycles. The van der Waals surface area contributed by atoms with Crippen molar-refractivity contribution in [3.05, 3.63) is 0 Å². The van der Waals surface area contributed by atoms with E-state index in [9.17, 15) is 0 Å². The van der Waals surface area contributed by atoms with Gasteiger partial charge in [-0.25, -0.2) is 0 Å². The van der Waals surface area contributed by atoms with Gasteiger partial charge in [-0.3, -0.25) is 0 Å². The average molecular weight is 230 g/mol. The smallest absolute Gasteiger partial charge is 0.0425 e. The molecule has 1 heterocycles. The maximum absolute atomic E-state index is 3.65. The molecule has 1 fully saturated rings. The summed E-state index contributed by atoms with van der Waals surface area (Å²) in [6.07, 6.45) is 2.61. The van der Waals surface area contributed by atoms with Crippen LogP contribution in [0.4, 0.5) is 0 Å². The lowest BCUT2D eigenvalue weighted by Gasteiger charge is -2.36. The third-order valence-electron chi connectivity index (χ3n) is 3.67. The van der Waals surface area contributed by atoms with Gasteiger partial charge in [-0.15, -0.1) is 0 Å². The fourth-order valence-electron chi connectivity index (χ4n) is 1.94. The lowest BCUT2D eigenvalue weighted by atomic mass is 9.97. The molecule has 0 aromatic carbocycles. The van der Waals surface area contributed by atoms with Crippen LogP contribution in [-0.2, 0) is 0 Å². The number of likely N-dealkylation sites (N-methyl/N-ethyl adjacent to an activating group) is 1. The Labute approximate surface area is 99.2 Å². The Morgan fingerprint density at radius 3 is 2.67 bits per heavy atom. The highest BCUT2D eigenvalue weighted by atomic mass is 32.2. The van der Waals surface area contributed by atoms with Gasteiger partial charge in [0.05, 0.1) is 0 Å². The molecule has 1 aliphatic heterocycles. The Morgan fingerprint density at radius 1 is 1.47 bits per heavy atom. The lowest BCUT2D eigenvalue weighted by Crippen LogP contribution is -2.52. The molecule has 90 valence electrons. The highest BCUT2D eigenvalue weighted by Crippen LogP contribution is 2.31. The van der Waals surface area contributed by atoms with E-state index in [1.54, 1.807) is 0 Å². The van der Waals surface area contributed by atoms with Gasteiger partial charge in [-0.2, -0.15) is 11.8 Å². The van der Waals surface area contributed by atoms with Crippen molar-refractivity contribution in [1.29, 1.82) is 0 Å². The summed E-state index contributed by atoms with van der Waals surface area (Å²) < 4.78 is 0. The van der Waals surface area contributed by atoms with Gasteiger partial charge in [0, 0.05) is 17.8 Å². The first-order valence-electron chi connectivity index (χ1n) is 6.06. The molecule has 15 heavy (non-hydrogen) atoms. The predicted octanol–water partition coefficient (Wildman–Crippen LogP) is 2.06. The van der Waals surface area contributed by atoms with Crippen LogP contribution < -0.4 is 5.32 Å². The second-order valence-electron chi connectivity index (χ2n) is 5.07. The second-order valence-corrected chi connectivity index (χ2v) is 6.17. The number of hydrogen-bond donors (Lipinski definition) is 1. The molecule has 2 atom stereocenters. The Morgan fingerprint density at radius 2 is 2.20 bits per heavy atom. The minimum absolute atomic E-state index is 0.415. The largest absolute Gasteiger partial charge is 0.315 e. The van der Waals surface area contributed by atoms with Gasteiger partial charge < -0.3 is 10.2 Å². The van der Waals surface area contributed by atoms with E-state index in [0.717, 1.165) is 19.0 Å². The molecule has 0 spiro atoms. The quantitative estimate of drug-likeness (QED) is 0.752. The van der Waals surface area contributed by atoms with E-state index in [-0.39, 0.29) is 0 Å². The van der Waals surface area contributed by atoms with Crippen molar-refractivity contribution in [3.63, 3.8) is 0 Å². The number of nitrogens with zero attached hydrogens (tertiary/aromatic N) is 1. The first kappa shape index (κ1) is 13.3. The molecule has 0 saturated carbocycles. The van der Waals surface area contributed by atoms with Gasteiger partial charge in [0.25, 0.3) is 0 Å². The number of thioether (sulfide) groups is 1. The van der Waals surface area contributed by atoms with E-state index in [2.05, 4.69) is 49.9 Å². The summed E-state index contributed by atoms with van der Waals surface area (Å²) in [4.78, 5) is 2.41. The Hall–Kier alpha value is 0.270. The molecular weight excluding hydrogens is 204 g/mol. The van der Waals surface area contributed by atoms with Crippen LogP contribution in [-0.4, -0.2) is 49.1 Å². The van der Waals surface area contributed by atoms with Crippen molar-refractivity contribution in [2.75, 3.05) is 38.7 Å². The van der Waals surface area contributed by atoms with Crippen molar-refractivity contribution in [3.8, 4) is 0 Å². The first-order chi connectivity index (χ1) is 7.10. The molecule has 0 amide bonds. The first-order valence-corrected chi connectivity index (χ1v) is 7.22. The van der Waals surface area contributed by atoms with Crippen molar-refractivity contribution in [1.82, 2.24) is 10.2 Å². The van der Waals surface area contributed by atoms with Crippen LogP contribution in [0.5, 0.6) is 0 Å². The highest BCUT2D eigenvalue weighted by Gasteiger charge is 2.35. The third kappa shape index (κ3) is 3.65. The van der Waals surface area contributed by atoms with Gasteiger partial charge in [-0.1, -0.05) is 20.3 Å². The molecule has 0 aromatic rings. The second kappa shape index (κ2) is 6.12. The standard InChI is InChI=1S/C12H26N2S/c1-5-11(2)8-13-9-12(14(3)4)6-7-15-10-12/h11,13H,5-10H2,1-4H3. The monoisotopic (exact) mass is 230 g/mol. The van der Waals surface area contributed by atoms with Gasteiger partial charge in [0.1, 0.15) is 0 Å². The number of nitrogens with one attached hydrogen (secondary N) is 1. The molecule has 2 nitrogen and oxygen atoms in total. The Bertz CT molecular complexity index is 176. The normalized spacial score (nSPS) is 28.6. The molecule has 0 aliphatic carbocycles. The summed E-state index contributed by atoms with van der Waals surface area (Å²) in [7, 11) is 4.44. The lowest BCUT2D eigenvalue weighted by molar-refractivity contribution is 0.174. The summed E-state index contributed by atoms with van der Waals surface area (Å²) in [5, 5.41) is 3.65. The van der Waals surface area contributed by atoms with E-state index >= 15 is 0 Å². The van der Waals surface area contributed by atoms with E-state index < -0.39 is 0 Å².